The van der Waals surface area contributed by atoms with E-state index in [2.05, 4.69) is 33.0 Å². The van der Waals surface area contributed by atoms with Crippen LogP contribution in [0.15, 0.2) is 0 Å². The molecule has 120 valence electrons. The summed E-state index contributed by atoms with van der Waals surface area (Å²) in [5, 5.41) is 3.45. The van der Waals surface area contributed by atoms with Gasteiger partial charge in [0.15, 0.2) is 0 Å². The van der Waals surface area contributed by atoms with Crippen molar-refractivity contribution in [3.8, 4) is 0 Å². The van der Waals surface area contributed by atoms with Crippen LogP contribution in [0.3, 0.4) is 0 Å². The topological polar surface area (TPSA) is 15.3 Å². The summed E-state index contributed by atoms with van der Waals surface area (Å²) < 4.78 is 38.4. The van der Waals surface area contributed by atoms with E-state index in [1.807, 2.05) is 4.90 Å². The van der Waals surface area contributed by atoms with Crippen molar-refractivity contribution in [3.63, 3.8) is 0 Å². The number of likely N-dealkylation sites (tertiary alicyclic amines) is 1. The van der Waals surface area contributed by atoms with Gasteiger partial charge in [-0.05, 0) is 44.3 Å². The van der Waals surface area contributed by atoms with Crippen LogP contribution in [-0.4, -0.2) is 43.3 Å². The van der Waals surface area contributed by atoms with Crippen molar-refractivity contribution in [2.45, 2.75) is 59.2 Å². The Bertz CT molecular complexity index is 284. The summed E-state index contributed by atoms with van der Waals surface area (Å²) >= 11 is 0. The summed E-state index contributed by atoms with van der Waals surface area (Å²) in [4.78, 5) is 1.98. The third kappa shape index (κ3) is 5.60. The molecular formula is C15H29F3N2. The highest BCUT2D eigenvalue weighted by Crippen LogP contribution is 2.33. The van der Waals surface area contributed by atoms with Gasteiger partial charge in [0.05, 0.1) is 5.92 Å². The standard InChI is InChI=1S/C15H29F3N2/c1-5-19-13(14(2,3)4)8-10-20-9-6-7-12(11-20)15(16,17)18/h12-13,19H,5-11H2,1-4H3. The van der Waals surface area contributed by atoms with Crippen molar-refractivity contribution in [2.75, 3.05) is 26.2 Å². The summed E-state index contributed by atoms with van der Waals surface area (Å²) in [6.45, 7) is 11.2. The molecule has 2 atom stereocenters. The lowest BCUT2D eigenvalue weighted by molar-refractivity contribution is -0.186. The molecule has 0 bridgehead atoms. The van der Waals surface area contributed by atoms with Gasteiger partial charge in [0.1, 0.15) is 0 Å². The quantitative estimate of drug-likeness (QED) is 0.832. The molecule has 1 N–H and O–H groups in total. The fraction of sp³-hybridized carbons (Fsp3) is 1.00. The highest BCUT2D eigenvalue weighted by molar-refractivity contribution is 4.83. The van der Waals surface area contributed by atoms with Crippen LogP contribution in [0.5, 0.6) is 0 Å². The molecule has 20 heavy (non-hydrogen) atoms. The van der Waals surface area contributed by atoms with Crippen LogP contribution in [0.1, 0.15) is 47.0 Å². The summed E-state index contributed by atoms with van der Waals surface area (Å²) in [5.41, 5.74) is 0.134. The van der Waals surface area contributed by atoms with Crippen LogP contribution < -0.4 is 5.32 Å². The van der Waals surface area contributed by atoms with Gasteiger partial charge in [-0.3, -0.25) is 0 Å². The number of rotatable bonds is 5. The van der Waals surface area contributed by atoms with E-state index >= 15 is 0 Å². The summed E-state index contributed by atoms with van der Waals surface area (Å²) in [6.07, 6.45) is -2.19. The maximum absolute atomic E-state index is 12.8. The first-order chi connectivity index (χ1) is 9.14. The summed E-state index contributed by atoms with van der Waals surface area (Å²) in [5.74, 6) is -1.14. The third-order valence-electron chi connectivity index (χ3n) is 4.20. The van der Waals surface area contributed by atoms with Crippen molar-refractivity contribution < 1.29 is 13.2 Å². The Balaban J connectivity index is 2.47. The van der Waals surface area contributed by atoms with Crippen LogP contribution >= 0.6 is 0 Å². The summed E-state index contributed by atoms with van der Waals surface area (Å²) in [6, 6.07) is 0.346. The number of hydrogen-bond donors (Lipinski definition) is 1. The number of alkyl halides is 3. The maximum Gasteiger partial charge on any atom is 0.393 e. The zero-order valence-corrected chi connectivity index (χ0v) is 13.2. The second-order valence-electron chi connectivity index (χ2n) is 6.95. The number of nitrogens with zero attached hydrogens (tertiary/aromatic N) is 1. The molecule has 1 saturated heterocycles. The Hall–Kier alpha value is -0.290. The fourth-order valence-corrected chi connectivity index (χ4v) is 2.93. The van der Waals surface area contributed by atoms with E-state index in [0.29, 0.717) is 12.5 Å². The first kappa shape index (κ1) is 17.8. The molecule has 0 amide bonds. The zero-order chi connectivity index (χ0) is 15.4. The minimum Gasteiger partial charge on any atom is -0.314 e. The normalized spacial score (nSPS) is 23.9. The van der Waals surface area contributed by atoms with Gasteiger partial charge in [-0.2, -0.15) is 13.2 Å². The average Bonchev–Trinajstić information content (AvgIpc) is 2.32. The van der Waals surface area contributed by atoms with Crippen molar-refractivity contribution in [1.29, 1.82) is 0 Å². The largest absolute Gasteiger partial charge is 0.393 e. The second kappa shape index (κ2) is 7.12. The van der Waals surface area contributed by atoms with Gasteiger partial charge in [0.2, 0.25) is 0 Å². The van der Waals surface area contributed by atoms with E-state index in [1.54, 1.807) is 0 Å². The minimum absolute atomic E-state index is 0.134. The van der Waals surface area contributed by atoms with E-state index in [1.165, 1.54) is 0 Å². The second-order valence-corrected chi connectivity index (χ2v) is 6.95. The summed E-state index contributed by atoms with van der Waals surface area (Å²) in [7, 11) is 0. The molecule has 2 unspecified atom stereocenters. The van der Waals surface area contributed by atoms with Gasteiger partial charge in [-0.15, -0.1) is 0 Å². The van der Waals surface area contributed by atoms with Gasteiger partial charge in [0, 0.05) is 12.6 Å². The first-order valence-electron chi connectivity index (χ1n) is 7.67. The average molecular weight is 294 g/mol. The first-order valence-corrected chi connectivity index (χ1v) is 7.67. The van der Waals surface area contributed by atoms with Gasteiger partial charge in [-0.1, -0.05) is 27.7 Å². The highest BCUT2D eigenvalue weighted by Gasteiger charge is 2.41. The lowest BCUT2D eigenvalue weighted by Gasteiger charge is -2.37. The molecule has 1 rings (SSSR count). The molecule has 0 aromatic rings. The maximum atomic E-state index is 12.8. The van der Waals surface area contributed by atoms with E-state index in [4.69, 9.17) is 0 Å². The van der Waals surface area contributed by atoms with Gasteiger partial charge < -0.3 is 10.2 Å². The molecule has 1 aliphatic rings. The number of piperidine rings is 1. The minimum atomic E-state index is -4.04. The fourth-order valence-electron chi connectivity index (χ4n) is 2.93. The van der Waals surface area contributed by atoms with Crippen LogP contribution in [0.2, 0.25) is 0 Å². The molecule has 0 aromatic carbocycles. The van der Waals surface area contributed by atoms with Crippen LogP contribution in [-0.2, 0) is 0 Å². The molecule has 0 aromatic heterocycles. The van der Waals surface area contributed by atoms with Gasteiger partial charge in [-0.25, -0.2) is 0 Å². The van der Waals surface area contributed by atoms with Crippen LogP contribution in [0.4, 0.5) is 13.2 Å². The van der Waals surface area contributed by atoms with E-state index in [9.17, 15) is 13.2 Å². The molecule has 0 radical (unpaired) electrons. The van der Waals surface area contributed by atoms with E-state index in [-0.39, 0.29) is 18.4 Å². The molecule has 1 heterocycles. The number of hydrogen-bond acceptors (Lipinski definition) is 2. The van der Waals surface area contributed by atoms with Crippen molar-refractivity contribution in [1.82, 2.24) is 10.2 Å². The SMILES string of the molecule is CCNC(CCN1CCCC(C(F)(F)F)C1)C(C)(C)C. The molecule has 2 nitrogen and oxygen atoms in total. The van der Waals surface area contributed by atoms with Crippen molar-refractivity contribution in [2.24, 2.45) is 11.3 Å². The van der Waals surface area contributed by atoms with Gasteiger partial charge >= 0.3 is 6.18 Å². The zero-order valence-electron chi connectivity index (χ0n) is 13.2. The van der Waals surface area contributed by atoms with E-state index < -0.39 is 12.1 Å². The molecular weight excluding hydrogens is 265 g/mol. The lowest BCUT2D eigenvalue weighted by Crippen LogP contribution is -2.46. The molecule has 0 aliphatic carbocycles. The number of nitrogens with one attached hydrogen (secondary N) is 1. The van der Waals surface area contributed by atoms with Crippen LogP contribution in [0, 0.1) is 11.3 Å². The molecule has 0 saturated carbocycles. The Morgan fingerprint density at radius 3 is 2.40 bits per heavy atom. The number of halogens is 3. The monoisotopic (exact) mass is 294 g/mol. The predicted octanol–water partition coefficient (Wildman–Crippen LogP) is 3.68. The van der Waals surface area contributed by atoms with Crippen molar-refractivity contribution in [3.05, 3.63) is 0 Å². The van der Waals surface area contributed by atoms with Crippen LogP contribution in [0.25, 0.3) is 0 Å². The van der Waals surface area contributed by atoms with E-state index in [0.717, 1.165) is 26.1 Å². The Kier molecular flexibility index (Phi) is 6.32. The highest BCUT2D eigenvalue weighted by atomic mass is 19.4. The Labute approximate surface area is 121 Å². The molecule has 5 heteroatoms. The lowest BCUT2D eigenvalue weighted by atomic mass is 9.84. The molecule has 1 fully saturated rings. The predicted molar refractivity (Wildman–Crippen MR) is 76.8 cm³/mol. The smallest absolute Gasteiger partial charge is 0.314 e. The third-order valence-corrected chi connectivity index (χ3v) is 4.20. The van der Waals surface area contributed by atoms with Crippen molar-refractivity contribution >= 4 is 0 Å². The van der Waals surface area contributed by atoms with Gasteiger partial charge in [0.25, 0.3) is 0 Å². The Morgan fingerprint density at radius 1 is 1.25 bits per heavy atom. The molecule has 0 spiro atoms. The molecule has 1 aliphatic heterocycles. The Morgan fingerprint density at radius 2 is 1.90 bits per heavy atom.